The molecule has 0 unspecified atom stereocenters. The normalized spacial score (nSPS) is 10.2. The van der Waals surface area contributed by atoms with E-state index in [2.05, 4.69) is 6.58 Å². The number of nitrogens with two attached hydrogens (primary N) is 1. The first-order chi connectivity index (χ1) is 7.72. The maximum Gasteiger partial charge on any atom is 0.139 e. The number of anilines is 1. The number of fused-ring (bicyclic) bond motifs is 1. The minimum atomic E-state index is 0.0911. The van der Waals surface area contributed by atoms with Crippen LogP contribution in [0.2, 0.25) is 0 Å². The number of benzene rings is 2. The van der Waals surface area contributed by atoms with Gasteiger partial charge in [0.05, 0.1) is 5.69 Å². The fourth-order valence-corrected chi connectivity index (χ4v) is 1.56. The largest absolute Gasteiger partial charge is 0.506 e. The summed E-state index contributed by atoms with van der Waals surface area (Å²) < 4.78 is 5.40. The molecule has 0 aliphatic carbocycles. The summed E-state index contributed by atoms with van der Waals surface area (Å²) in [6.07, 6.45) is 1.68. The Morgan fingerprint density at radius 1 is 1.31 bits per heavy atom. The number of ether oxygens (including phenoxy) is 1. The van der Waals surface area contributed by atoms with E-state index in [0.29, 0.717) is 18.0 Å². The van der Waals surface area contributed by atoms with Crippen LogP contribution in [-0.2, 0) is 0 Å². The summed E-state index contributed by atoms with van der Waals surface area (Å²) in [7, 11) is 0. The molecule has 2 rings (SSSR count). The highest BCUT2D eigenvalue weighted by Crippen LogP contribution is 2.31. The van der Waals surface area contributed by atoms with Gasteiger partial charge in [-0.3, -0.25) is 0 Å². The summed E-state index contributed by atoms with van der Waals surface area (Å²) in [6.45, 7) is 4.03. The lowest BCUT2D eigenvalue weighted by molar-refractivity contribution is 0.364. The first kappa shape index (κ1) is 10.4. The van der Waals surface area contributed by atoms with Crippen LogP contribution >= 0.6 is 0 Å². The van der Waals surface area contributed by atoms with Gasteiger partial charge in [0, 0.05) is 5.39 Å². The van der Waals surface area contributed by atoms with Crippen molar-refractivity contribution >= 4 is 16.5 Å². The maximum absolute atomic E-state index is 9.50. The Morgan fingerprint density at radius 2 is 2.06 bits per heavy atom. The lowest BCUT2D eigenvalue weighted by atomic mass is 10.1. The summed E-state index contributed by atoms with van der Waals surface area (Å²) in [4.78, 5) is 0. The fourth-order valence-electron chi connectivity index (χ4n) is 1.56. The van der Waals surface area contributed by atoms with E-state index >= 15 is 0 Å². The van der Waals surface area contributed by atoms with Gasteiger partial charge in [-0.05, 0) is 23.6 Å². The molecule has 0 aliphatic rings. The molecule has 82 valence electrons. The minimum Gasteiger partial charge on any atom is -0.506 e. The van der Waals surface area contributed by atoms with Crippen molar-refractivity contribution < 1.29 is 9.84 Å². The van der Waals surface area contributed by atoms with Crippen molar-refractivity contribution in [1.29, 1.82) is 0 Å². The second-order valence-electron chi connectivity index (χ2n) is 3.48. The molecular formula is C13H13NO2. The Labute approximate surface area is 93.8 Å². The molecule has 3 N–H and O–H groups in total. The van der Waals surface area contributed by atoms with E-state index in [1.165, 1.54) is 0 Å². The first-order valence-electron chi connectivity index (χ1n) is 4.97. The predicted molar refractivity (Wildman–Crippen MR) is 65.7 cm³/mol. The number of phenolic OH excluding ortho intramolecular Hbond substituents is 1. The van der Waals surface area contributed by atoms with E-state index in [9.17, 15) is 5.11 Å². The van der Waals surface area contributed by atoms with Gasteiger partial charge in [-0.1, -0.05) is 24.8 Å². The average Bonchev–Trinajstić information content (AvgIpc) is 2.31. The van der Waals surface area contributed by atoms with Gasteiger partial charge in [-0.15, -0.1) is 0 Å². The van der Waals surface area contributed by atoms with E-state index in [0.717, 1.165) is 10.8 Å². The lowest BCUT2D eigenvalue weighted by Gasteiger charge is -2.07. The molecule has 3 nitrogen and oxygen atoms in total. The van der Waals surface area contributed by atoms with E-state index in [4.69, 9.17) is 10.5 Å². The van der Waals surface area contributed by atoms with Crippen LogP contribution in [-0.4, -0.2) is 11.7 Å². The summed E-state index contributed by atoms with van der Waals surface area (Å²) in [5, 5.41) is 11.3. The molecular weight excluding hydrogens is 202 g/mol. The van der Waals surface area contributed by atoms with Crippen molar-refractivity contribution in [3.05, 3.63) is 43.0 Å². The number of hydrogen-bond donors (Lipinski definition) is 2. The number of rotatable bonds is 3. The van der Waals surface area contributed by atoms with Crippen molar-refractivity contribution in [2.75, 3.05) is 12.3 Å². The SMILES string of the molecule is C=CCOc1ccc2ccc(O)c(N)c2c1. The summed E-state index contributed by atoms with van der Waals surface area (Å²) in [5.74, 6) is 0.804. The molecule has 0 spiro atoms. The zero-order chi connectivity index (χ0) is 11.5. The molecule has 0 heterocycles. The van der Waals surface area contributed by atoms with Gasteiger partial charge in [-0.2, -0.15) is 0 Å². The number of nitrogen functional groups attached to an aromatic ring is 1. The quantitative estimate of drug-likeness (QED) is 0.470. The van der Waals surface area contributed by atoms with Crippen LogP contribution in [0.25, 0.3) is 10.8 Å². The van der Waals surface area contributed by atoms with Gasteiger partial charge < -0.3 is 15.6 Å². The van der Waals surface area contributed by atoms with Gasteiger partial charge in [0.25, 0.3) is 0 Å². The standard InChI is InChI=1S/C13H13NO2/c1-2-7-16-10-5-3-9-4-6-12(15)13(14)11(9)8-10/h2-6,8,15H,1,7,14H2. The summed E-state index contributed by atoms with van der Waals surface area (Å²) >= 11 is 0. The molecule has 0 aliphatic heterocycles. The van der Waals surface area contributed by atoms with Gasteiger partial charge in [0.1, 0.15) is 18.1 Å². The van der Waals surface area contributed by atoms with Gasteiger partial charge in [-0.25, -0.2) is 0 Å². The average molecular weight is 215 g/mol. The number of hydrogen-bond acceptors (Lipinski definition) is 3. The first-order valence-corrected chi connectivity index (χ1v) is 4.97. The highest BCUT2D eigenvalue weighted by molar-refractivity contribution is 5.96. The highest BCUT2D eigenvalue weighted by atomic mass is 16.5. The minimum absolute atomic E-state index is 0.0911. The molecule has 16 heavy (non-hydrogen) atoms. The van der Waals surface area contributed by atoms with Crippen LogP contribution in [0, 0.1) is 0 Å². The third kappa shape index (κ3) is 1.80. The Bertz CT molecular complexity index is 535. The molecule has 0 bridgehead atoms. The fraction of sp³-hybridized carbons (Fsp3) is 0.0769. The van der Waals surface area contributed by atoms with Crippen molar-refractivity contribution in [3.63, 3.8) is 0 Å². The molecule has 0 amide bonds. The van der Waals surface area contributed by atoms with Crippen LogP contribution in [0.15, 0.2) is 43.0 Å². The smallest absolute Gasteiger partial charge is 0.139 e. The van der Waals surface area contributed by atoms with Crippen molar-refractivity contribution in [3.8, 4) is 11.5 Å². The zero-order valence-corrected chi connectivity index (χ0v) is 8.81. The van der Waals surface area contributed by atoms with E-state index in [-0.39, 0.29) is 5.75 Å². The van der Waals surface area contributed by atoms with E-state index in [1.807, 2.05) is 24.3 Å². The maximum atomic E-state index is 9.50. The Hall–Kier alpha value is -2.16. The Kier molecular flexibility index (Phi) is 2.68. The van der Waals surface area contributed by atoms with Crippen LogP contribution in [0.3, 0.4) is 0 Å². The van der Waals surface area contributed by atoms with Gasteiger partial charge >= 0.3 is 0 Å². The van der Waals surface area contributed by atoms with E-state index < -0.39 is 0 Å². The molecule has 0 atom stereocenters. The Morgan fingerprint density at radius 3 is 2.81 bits per heavy atom. The summed E-state index contributed by atoms with van der Waals surface area (Å²) in [6, 6.07) is 8.99. The summed E-state index contributed by atoms with van der Waals surface area (Å²) in [5.41, 5.74) is 6.17. The molecule has 2 aromatic rings. The topological polar surface area (TPSA) is 55.5 Å². The van der Waals surface area contributed by atoms with E-state index in [1.54, 1.807) is 12.1 Å². The molecule has 0 radical (unpaired) electrons. The second kappa shape index (κ2) is 4.14. The molecule has 2 aromatic carbocycles. The van der Waals surface area contributed by atoms with Crippen LogP contribution in [0.1, 0.15) is 0 Å². The number of phenols is 1. The third-order valence-corrected chi connectivity index (χ3v) is 2.38. The predicted octanol–water partition coefficient (Wildman–Crippen LogP) is 2.69. The van der Waals surface area contributed by atoms with Gasteiger partial charge in [0.15, 0.2) is 0 Å². The lowest BCUT2D eigenvalue weighted by Crippen LogP contribution is -1.93. The molecule has 0 fully saturated rings. The molecule has 0 aromatic heterocycles. The van der Waals surface area contributed by atoms with Crippen LogP contribution in [0.5, 0.6) is 11.5 Å². The second-order valence-corrected chi connectivity index (χ2v) is 3.48. The van der Waals surface area contributed by atoms with Gasteiger partial charge in [0.2, 0.25) is 0 Å². The van der Waals surface area contributed by atoms with Crippen molar-refractivity contribution in [2.24, 2.45) is 0 Å². The molecule has 0 saturated carbocycles. The molecule has 0 saturated heterocycles. The molecule has 3 heteroatoms. The van der Waals surface area contributed by atoms with Crippen molar-refractivity contribution in [2.45, 2.75) is 0 Å². The zero-order valence-electron chi connectivity index (χ0n) is 8.81. The highest BCUT2D eigenvalue weighted by Gasteiger charge is 2.04. The van der Waals surface area contributed by atoms with Crippen LogP contribution < -0.4 is 10.5 Å². The Balaban J connectivity index is 2.51. The number of aromatic hydroxyl groups is 1. The van der Waals surface area contributed by atoms with Crippen molar-refractivity contribution in [1.82, 2.24) is 0 Å². The monoisotopic (exact) mass is 215 g/mol. The van der Waals surface area contributed by atoms with Crippen LogP contribution in [0.4, 0.5) is 5.69 Å². The third-order valence-electron chi connectivity index (χ3n) is 2.38.